The molecule has 30 heavy (non-hydrogen) atoms. The van der Waals surface area contributed by atoms with Crippen LogP contribution in [0.25, 0.3) is 0 Å². The molecule has 2 aromatic carbocycles. The average molecular weight is 433 g/mol. The average Bonchev–Trinajstić information content (AvgIpc) is 2.67. The number of aryl methyl sites for hydroxylation is 2. The van der Waals surface area contributed by atoms with Gasteiger partial charge in [-0.25, -0.2) is 13.2 Å². The maximum absolute atomic E-state index is 13.0. The molecule has 1 atom stereocenters. The maximum Gasteiger partial charge on any atom is 0.338 e. The van der Waals surface area contributed by atoms with Gasteiger partial charge in [0.05, 0.1) is 24.1 Å². The Morgan fingerprint density at radius 3 is 2.23 bits per heavy atom. The number of amides is 1. The van der Waals surface area contributed by atoms with Gasteiger partial charge in [0, 0.05) is 5.69 Å². The van der Waals surface area contributed by atoms with E-state index in [0.29, 0.717) is 16.9 Å². The van der Waals surface area contributed by atoms with Crippen LogP contribution in [0.3, 0.4) is 0 Å². The van der Waals surface area contributed by atoms with Gasteiger partial charge in [-0.2, -0.15) is 0 Å². The highest BCUT2D eigenvalue weighted by Gasteiger charge is 2.32. The van der Waals surface area contributed by atoms with Crippen molar-refractivity contribution >= 4 is 33.3 Å². The summed E-state index contributed by atoms with van der Waals surface area (Å²) in [4.78, 5) is 24.8. The molecule has 1 amide bonds. The first kappa shape index (κ1) is 23.4. The van der Waals surface area contributed by atoms with Crippen LogP contribution in [0.15, 0.2) is 42.5 Å². The van der Waals surface area contributed by atoms with Crippen LogP contribution in [0.5, 0.6) is 0 Å². The number of nitrogens with one attached hydrogen (secondary N) is 1. The van der Waals surface area contributed by atoms with Gasteiger partial charge in [0.15, 0.2) is 0 Å². The molecule has 1 unspecified atom stereocenters. The van der Waals surface area contributed by atoms with Crippen molar-refractivity contribution in [3.63, 3.8) is 0 Å². The largest absolute Gasteiger partial charge is 0.462 e. The Morgan fingerprint density at radius 1 is 1.07 bits per heavy atom. The van der Waals surface area contributed by atoms with Crippen molar-refractivity contribution in [3.05, 3.63) is 59.2 Å². The minimum absolute atomic E-state index is 0.273. The number of nitrogens with zero attached hydrogens (tertiary/aromatic N) is 1. The number of esters is 1. The Labute approximate surface area is 178 Å². The second kappa shape index (κ2) is 9.75. The molecule has 0 bridgehead atoms. The summed E-state index contributed by atoms with van der Waals surface area (Å²) in [6.45, 7) is 7.44. The van der Waals surface area contributed by atoms with Gasteiger partial charge in [0.2, 0.25) is 15.9 Å². The van der Waals surface area contributed by atoms with Crippen molar-refractivity contribution in [2.24, 2.45) is 0 Å². The summed E-state index contributed by atoms with van der Waals surface area (Å²) in [5.74, 6) is -0.896. The Morgan fingerprint density at radius 2 is 1.70 bits per heavy atom. The van der Waals surface area contributed by atoms with E-state index in [2.05, 4.69) is 5.32 Å². The summed E-state index contributed by atoms with van der Waals surface area (Å²) in [5, 5.41) is 2.75. The van der Waals surface area contributed by atoms with E-state index in [0.717, 1.165) is 17.4 Å². The van der Waals surface area contributed by atoms with Crippen LogP contribution in [0.4, 0.5) is 11.4 Å². The fraction of sp³-hybridized carbons (Fsp3) is 0.364. The molecule has 0 saturated heterocycles. The zero-order valence-electron chi connectivity index (χ0n) is 17.9. The molecule has 1 N–H and O–H groups in total. The predicted molar refractivity (Wildman–Crippen MR) is 118 cm³/mol. The summed E-state index contributed by atoms with van der Waals surface area (Å²) in [6.07, 6.45) is 1.38. The smallest absolute Gasteiger partial charge is 0.338 e. The number of ether oxygens (including phenoxy) is 1. The number of benzene rings is 2. The fourth-order valence-corrected chi connectivity index (χ4v) is 4.38. The summed E-state index contributed by atoms with van der Waals surface area (Å²) < 4.78 is 31.4. The SMILES string of the molecule is CCOC(=O)c1ccc(NC(=O)C(CC)N(c2cc(C)ccc2C)S(C)(=O)=O)cc1. The van der Waals surface area contributed by atoms with E-state index >= 15 is 0 Å². The monoisotopic (exact) mass is 432 g/mol. The standard InChI is InChI=1S/C22H28N2O5S/c1-6-19(24(30(5,27)28)20-14-15(3)8-9-16(20)4)21(25)23-18-12-10-17(11-13-18)22(26)29-7-2/h8-14,19H,6-7H2,1-5H3,(H,23,25). The van der Waals surface area contributed by atoms with Crippen molar-refractivity contribution < 1.29 is 22.7 Å². The van der Waals surface area contributed by atoms with Gasteiger partial charge in [-0.15, -0.1) is 0 Å². The third-order valence-electron chi connectivity index (χ3n) is 4.60. The van der Waals surface area contributed by atoms with Crippen LogP contribution < -0.4 is 9.62 Å². The second-order valence-electron chi connectivity index (χ2n) is 7.06. The van der Waals surface area contributed by atoms with Crippen LogP contribution >= 0.6 is 0 Å². The summed E-state index contributed by atoms with van der Waals surface area (Å²) in [7, 11) is -3.72. The summed E-state index contributed by atoms with van der Waals surface area (Å²) in [6, 6.07) is 10.8. The molecule has 2 aromatic rings. The van der Waals surface area contributed by atoms with Crippen LogP contribution in [0.2, 0.25) is 0 Å². The molecule has 162 valence electrons. The Balaban J connectivity index is 2.32. The van der Waals surface area contributed by atoms with Gasteiger partial charge < -0.3 is 10.1 Å². The third-order valence-corrected chi connectivity index (χ3v) is 5.76. The molecule has 0 aliphatic rings. The van der Waals surface area contributed by atoms with Crippen molar-refractivity contribution in [2.75, 3.05) is 22.5 Å². The zero-order valence-corrected chi connectivity index (χ0v) is 18.7. The van der Waals surface area contributed by atoms with Gasteiger partial charge in [0.25, 0.3) is 0 Å². The van der Waals surface area contributed by atoms with E-state index in [1.165, 1.54) is 4.31 Å². The molecule has 7 nitrogen and oxygen atoms in total. The van der Waals surface area contributed by atoms with Gasteiger partial charge in [-0.3, -0.25) is 9.10 Å². The first-order valence-corrected chi connectivity index (χ1v) is 11.6. The molecular weight excluding hydrogens is 404 g/mol. The van der Waals surface area contributed by atoms with Crippen molar-refractivity contribution in [2.45, 2.75) is 40.2 Å². The zero-order chi connectivity index (χ0) is 22.5. The molecule has 0 aliphatic carbocycles. The molecule has 0 radical (unpaired) electrons. The number of hydrogen-bond acceptors (Lipinski definition) is 5. The van der Waals surface area contributed by atoms with Crippen LogP contribution in [0.1, 0.15) is 41.8 Å². The topological polar surface area (TPSA) is 92.8 Å². The third kappa shape index (κ3) is 5.60. The normalized spacial score (nSPS) is 12.2. The highest BCUT2D eigenvalue weighted by atomic mass is 32.2. The lowest BCUT2D eigenvalue weighted by Crippen LogP contribution is -2.47. The van der Waals surface area contributed by atoms with Crippen molar-refractivity contribution in [1.29, 1.82) is 0 Å². The minimum atomic E-state index is -3.72. The molecule has 8 heteroatoms. The second-order valence-corrected chi connectivity index (χ2v) is 8.92. The summed E-state index contributed by atoms with van der Waals surface area (Å²) in [5.41, 5.74) is 2.97. The van der Waals surface area contributed by atoms with Gasteiger partial charge in [-0.1, -0.05) is 19.1 Å². The Hall–Kier alpha value is -2.87. The quantitative estimate of drug-likeness (QED) is 0.643. The minimum Gasteiger partial charge on any atom is -0.462 e. The highest BCUT2D eigenvalue weighted by molar-refractivity contribution is 7.92. The van der Waals surface area contributed by atoms with E-state index < -0.39 is 27.9 Å². The van der Waals surface area contributed by atoms with Gasteiger partial charge in [0.1, 0.15) is 6.04 Å². The number of sulfonamides is 1. The number of rotatable bonds is 8. The number of anilines is 2. The van der Waals surface area contributed by atoms with Crippen LogP contribution in [0, 0.1) is 13.8 Å². The van der Waals surface area contributed by atoms with E-state index in [9.17, 15) is 18.0 Å². The van der Waals surface area contributed by atoms with Crippen LogP contribution in [-0.4, -0.2) is 39.2 Å². The molecule has 0 heterocycles. The molecule has 0 aromatic heterocycles. The van der Waals surface area contributed by atoms with Crippen LogP contribution in [-0.2, 0) is 19.6 Å². The summed E-state index contributed by atoms with van der Waals surface area (Å²) >= 11 is 0. The van der Waals surface area contributed by atoms with E-state index in [4.69, 9.17) is 4.74 Å². The van der Waals surface area contributed by atoms with Crippen molar-refractivity contribution in [3.8, 4) is 0 Å². The van der Waals surface area contributed by atoms with E-state index in [1.54, 1.807) is 44.2 Å². The number of carbonyl (C=O) groups excluding carboxylic acids is 2. The van der Waals surface area contributed by atoms with E-state index in [-0.39, 0.29) is 13.0 Å². The van der Waals surface area contributed by atoms with Gasteiger partial charge >= 0.3 is 5.97 Å². The first-order chi connectivity index (χ1) is 14.1. The molecule has 0 aliphatic heterocycles. The fourth-order valence-electron chi connectivity index (χ4n) is 3.12. The molecule has 0 fully saturated rings. The lowest BCUT2D eigenvalue weighted by atomic mass is 10.1. The molecule has 0 saturated carbocycles. The lowest BCUT2D eigenvalue weighted by molar-refractivity contribution is -0.117. The lowest BCUT2D eigenvalue weighted by Gasteiger charge is -2.31. The first-order valence-electron chi connectivity index (χ1n) is 9.73. The van der Waals surface area contributed by atoms with Crippen molar-refractivity contribution in [1.82, 2.24) is 0 Å². The highest BCUT2D eigenvalue weighted by Crippen LogP contribution is 2.28. The number of carbonyl (C=O) groups is 2. The molecule has 2 rings (SSSR count). The predicted octanol–water partition coefficient (Wildman–Crippen LogP) is 3.66. The number of hydrogen-bond donors (Lipinski definition) is 1. The molecule has 0 spiro atoms. The molecular formula is C22H28N2O5S. The van der Waals surface area contributed by atoms with E-state index in [1.807, 2.05) is 26.0 Å². The Kier molecular flexibility index (Phi) is 7.61. The van der Waals surface area contributed by atoms with Gasteiger partial charge in [-0.05, 0) is 68.7 Å². The maximum atomic E-state index is 13.0. The Bertz CT molecular complexity index is 1020.